The first kappa shape index (κ1) is 11.0. The molecule has 0 radical (unpaired) electrons. The SMILES string of the molecule is C[C@@H](NC(=O)C(C)(C)C)C1=CC=CC1. The normalized spacial score (nSPS) is 17.9. The summed E-state index contributed by atoms with van der Waals surface area (Å²) in [4.78, 5) is 11.7. The van der Waals surface area contributed by atoms with E-state index < -0.39 is 0 Å². The smallest absolute Gasteiger partial charge is 0.225 e. The molecule has 1 atom stereocenters. The molecular weight excluding hydrogens is 174 g/mol. The van der Waals surface area contributed by atoms with Gasteiger partial charge in [-0.3, -0.25) is 4.79 Å². The number of carbonyl (C=O) groups is 1. The number of nitrogens with one attached hydrogen (secondary N) is 1. The molecule has 0 fully saturated rings. The van der Waals surface area contributed by atoms with Crippen LogP contribution in [0.3, 0.4) is 0 Å². The van der Waals surface area contributed by atoms with Crippen molar-refractivity contribution in [3.8, 4) is 0 Å². The van der Waals surface area contributed by atoms with Gasteiger partial charge in [-0.2, -0.15) is 0 Å². The molecule has 2 nitrogen and oxygen atoms in total. The fraction of sp³-hybridized carbons (Fsp3) is 0.583. The fourth-order valence-electron chi connectivity index (χ4n) is 1.29. The van der Waals surface area contributed by atoms with E-state index in [1.165, 1.54) is 5.57 Å². The largest absolute Gasteiger partial charge is 0.349 e. The molecular formula is C12H19NO. The van der Waals surface area contributed by atoms with E-state index in [9.17, 15) is 4.79 Å². The Kier molecular flexibility index (Phi) is 3.14. The van der Waals surface area contributed by atoms with Gasteiger partial charge < -0.3 is 5.32 Å². The van der Waals surface area contributed by atoms with Gasteiger partial charge in [-0.15, -0.1) is 0 Å². The van der Waals surface area contributed by atoms with Crippen molar-refractivity contribution in [1.82, 2.24) is 5.32 Å². The van der Waals surface area contributed by atoms with Gasteiger partial charge in [-0.25, -0.2) is 0 Å². The summed E-state index contributed by atoms with van der Waals surface area (Å²) in [6, 6.07) is 0.150. The monoisotopic (exact) mass is 193 g/mol. The third-order valence-corrected chi connectivity index (χ3v) is 2.38. The summed E-state index contributed by atoms with van der Waals surface area (Å²) in [6.07, 6.45) is 7.18. The molecule has 1 N–H and O–H groups in total. The zero-order chi connectivity index (χ0) is 10.8. The molecule has 1 aliphatic rings. The summed E-state index contributed by atoms with van der Waals surface area (Å²) in [5.74, 6) is 0.109. The van der Waals surface area contributed by atoms with E-state index in [1.54, 1.807) is 0 Å². The molecule has 1 aliphatic carbocycles. The Morgan fingerprint density at radius 2 is 2.14 bits per heavy atom. The second-order valence-electron chi connectivity index (χ2n) is 4.82. The minimum Gasteiger partial charge on any atom is -0.349 e. The molecule has 0 spiro atoms. The van der Waals surface area contributed by atoms with E-state index in [-0.39, 0.29) is 17.4 Å². The predicted octanol–water partition coefficient (Wildman–Crippen LogP) is 2.42. The highest BCUT2D eigenvalue weighted by molar-refractivity contribution is 5.81. The molecule has 1 rings (SSSR count). The maximum Gasteiger partial charge on any atom is 0.225 e. The zero-order valence-electron chi connectivity index (χ0n) is 9.42. The Hall–Kier alpha value is -1.05. The lowest BCUT2D eigenvalue weighted by Gasteiger charge is -2.22. The van der Waals surface area contributed by atoms with E-state index in [0.29, 0.717) is 0 Å². The Bertz CT molecular complexity index is 281. The first-order valence-corrected chi connectivity index (χ1v) is 5.08. The van der Waals surface area contributed by atoms with E-state index >= 15 is 0 Å². The van der Waals surface area contributed by atoms with Crippen LogP contribution in [0.5, 0.6) is 0 Å². The number of carbonyl (C=O) groups excluding carboxylic acids is 1. The number of allylic oxidation sites excluding steroid dienone is 3. The summed E-state index contributed by atoms with van der Waals surface area (Å²) in [5, 5.41) is 3.01. The highest BCUT2D eigenvalue weighted by atomic mass is 16.2. The third-order valence-electron chi connectivity index (χ3n) is 2.38. The predicted molar refractivity (Wildman–Crippen MR) is 58.9 cm³/mol. The summed E-state index contributed by atoms with van der Waals surface area (Å²) >= 11 is 0. The lowest BCUT2D eigenvalue weighted by molar-refractivity contribution is -0.128. The van der Waals surface area contributed by atoms with Gasteiger partial charge in [0, 0.05) is 11.5 Å². The zero-order valence-corrected chi connectivity index (χ0v) is 9.42. The number of amides is 1. The fourth-order valence-corrected chi connectivity index (χ4v) is 1.29. The number of hydrogen-bond donors (Lipinski definition) is 1. The van der Waals surface area contributed by atoms with Crippen molar-refractivity contribution >= 4 is 5.91 Å². The van der Waals surface area contributed by atoms with Crippen LogP contribution in [0.1, 0.15) is 34.1 Å². The van der Waals surface area contributed by atoms with Gasteiger partial charge in [-0.1, -0.05) is 39.0 Å². The van der Waals surface area contributed by atoms with Crippen molar-refractivity contribution in [1.29, 1.82) is 0 Å². The maximum atomic E-state index is 11.7. The van der Waals surface area contributed by atoms with Crippen LogP contribution in [0, 0.1) is 5.41 Å². The topological polar surface area (TPSA) is 29.1 Å². The molecule has 78 valence electrons. The molecule has 14 heavy (non-hydrogen) atoms. The minimum atomic E-state index is -0.305. The standard InChI is InChI=1S/C12H19NO/c1-9(10-7-5-6-8-10)13-11(14)12(2,3)4/h5-7,9H,8H2,1-4H3,(H,13,14)/t9-/m1/s1. The van der Waals surface area contributed by atoms with Crippen LogP contribution in [0.2, 0.25) is 0 Å². The van der Waals surface area contributed by atoms with Crippen LogP contribution in [0.15, 0.2) is 23.8 Å². The van der Waals surface area contributed by atoms with Gasteiger partial charge in [0.2, 0.25) is 5.91 Å². The molecule has 0 bridgehead atoms. The van der Waals surface area contributed by atoms with Crippen molar-refractivity contribution in [3.05, 3.63) is 23.8 Å². The van der Waals surface area contributed by atoms with Gasteiger partial charge in [0.05, 0.1) is 0 Å². The quantitative estimate of drug-likeness (QED) is 0.717. The molecule has 0 unspecified atom stereocenters. The first-order chi connectivity index (χ1) is 6.41. The Morgan fingerprint density at radius 3 is 2.57 bits per heavy atom. The van der Waals surface area contributed by atoms with Crippen LogP contribution >= 0.6 is 0 Å². The molecule has 0 aromatic heterocycles. The third kappa shape index (κ3) is 2.72. The highest BCUT2D eigenvalue weighted by Gasteiger charge is 2.23. The van der Waals surface area contributed by atoms with E-state index in [2.05, 4.69) is 17.5 Å². The molecule has 0 saturated heterocycles. The molecule has 0 aliphatic heterocycles. The lowest BCUT2D eigenvalue weighted by atomic mass is 9.94. The van der Waals surface area contributed by atoms with Crippen molar-refractivity contribution in [3.63, 3.8) is 0 Å². The molecule has 0 aromatic rings. The summed E-state index contributed by atoms with van der Waals surface area (Å²) in [5.41, 5.74) is 0.975. The van der Waals surface area contributed by atoms with Crippen LogP contribution in [-0.2, 0) is 4.79 Å². The average molecular weight is 193 g/mol. The first-order valence-electron chi connectivity index (χ1n) is 5.08. The van der Waals surface area contributed by atoms with Crippen LogP contribution in [-0.4, -0.2) is 11.9 Å². The maximum absolute atomic E-state index is 11.7. The van der Waals surface area contributed by atoms with Crippen LogP contribution in [0.25, 0.3) is 0 Å². The van der Waals surface area contributed by atoms with E-state index in [0.717, 1.165) is 6.42 Å². The van der Waals surface area contributed by atoms with Gasteiger partial charge in [0.25, 0.3) is 0 Å². The van der Waals surface area contributed by atoms with Crippen LogP contribution in [0.4, 0.5) is 0 Å². The van der Waals surface area contributed by atoms with Crippen molar-refractivity contribution in [2.24, 2.45) is 5.41 Å². The van der Waals surface area contributed by atoms with Gasteiger partial charge in [0.15, 0.2) is 0 Å². The number of rotatable bonds is 2. The van der Waals surface area contributed by atoms with Crippen molar-refractivity contribution < 1.29 is 4.79 Å². The lowest BCUT2D eigenvalue weighted by Crippen LogP contribution is -2.40. The second-order valence-corrected chi connectivity index (χ2v) is 4.82. The van der Waals surface area contributed by atoms with E-state index in [1.807, 2.05) is 33.8 Å². The van der Waals surface area contributed by atoms with Crippen molar-refractivity contribution in [2.75, 3.05) is 0 Å². The molecule has 2 heteroatoms. The second kappa shape index (κ2) is 3.99. The molecule has 1 amide bonds. The van der Waals surface area contributed by atoms with Crippen molar-refractivity contribution in [2.45, 2.75) is 40.2 Å². The minimum absolute atomic E-state index is 0.109. The molecule has 0 saturated carbocycles. The Balaban J connectivity index is 2.49. The van der Waals surface area contributed by atoms with E-state index in [4.69, 9.17) is 0 Å². The highest BCUT2D eigenvalue weighted by Crippen LogP contribution is 2.17. The Morgan fingerprint density at radius 1 is 1.50 bits per heavy atom. The average Bonchev–Trinajstić information content (AvgIpc) is 2.53. The van der Waals surface area contributed by atoms with Gasteiger partial charge >= 0.3 is 0 Å². The summed E-state index contributed by atoms with van der Waals surface area (Å²) in [6.45, 7) is 7.81. The molecule has 0 heterocycles. The van der Waals surface area contributed by atoms with Crippen LogP contribution < -0.4 is 5.32 Å². The van der Waals surface area contributed by atoms with Gasteiger partial charge in [-0.05, 0) is 18.9 Å². The molecule has 0 aromatic carbocycles. The summed E-state index contributed by atoms with van der Waals surface area (Å²) in [7, 11) is 0. The summed E-state index contributed by atoms with van der Waals surface area (Å²) < 4.78 is 0. The van der Waals surface area contributed by atoms with Gasteiger partial charge in [0.1, 0.15) is 0 Å². The Labute approximate surface area is 86.1 Å². The number of hydrogen-bond acceptors (Lipinski definition) is 1.